The van der Waals surface area contributed by atoms with Crippen LogP contribution in [0, 0.1) is 0 Å². The van der Waals surface area contributed by atoms with Gasteiger partial charge in [0.05, 0.1) is 19.3 Å². The van der Waals surface area contributed by atoms with E-state index in [4.69, 9.17) is 14.6 Å². The monoisotopic (exact) mass is 289 g/mol. The van der Waals surface area contributed by atoms with Crippen molar-refractivity contribution in [1.29, 1.82) is 0 Å². The molecular formula is C12H23N3O5. The molecule has 0 bridgehead atoms. The maximum atomic E-state index is 11.9. The molecule has 8 heteroatoms. The van der Waals surface area contributed by atoms with E-state index in [0.29, 0.717) is 19.8 Å². The summed E-state index contributed by atoms with van der Waals surface area (Å²) in [6, 6.07) is -0.415. The Kier molecular flexibility index (Phi) is 7.27. The fraction of sp³-hybridized carbons (Fsp3) is 0.833. The van der Waals surface area contributed by atoms with E-state index in [1.165, 1.54) is 12.0 Å². The molecule has 0 saturated carbocycles. The van der Waals surface area contributed by atoms with Crippen LogP contribution in [0.5, 0.6) is 0 Å². The second kappa shape index (κ2) is 8.72. The number of morpholine rings is 1. The molecule has 2 N–H and O–H groups in total. The molecule has 1 saturated heterocycles. The third kappa shape index (κ3) is 6.18. The zero-order valence-corrected chi connectivity index (χ0v) is 12.0. The summed E-state index contributed by atoms with van der Waals surface area (Å²) in [6.07, 6.45) is -0.0631. The maximum absolute atomic E-state index is 11.9. The molecule has 1 aliphatic heterocycles. The Bertz CT molecular complexity index is 326. The van der Waals surface area contributed by atoms with Gasteiger partial charge in [0.25, 0.3) is 0 Å². The van der Waals surface area contributed by atoms with Crippen LogP contribution in [0.15, 0.2) is 0 Å². The highest BCUT2D eigenvalue weighted by Crippen LogP contribution is 2.02. The topological polar surface area (TPSA) is 91.3 Å². The van der Waals surface area contributed by atoms with E-state index in [2.05, 4.69) is 10.2 Å². The number of aliphatic carboxylic acids is 1. The summed E-state index contributed by atoms with van der Waals surface area (Å²) in [4.78, 5) is 26.0. The molecule has 1 rings (SSSR count). The fourth-order valence-corrected chi connectivity index (χ4v) is 1.92. The minimum Gasteiger partial charge on any atom is -0.480 e. The zero-order valence-electron chi connectivity index (χ0n) is 12.0. The number of likely N-dealkylation sites (N-methyl/N-ethyl adjacent to an activating group) is 1. The Morgan fingerprint density at radius 3 is 2.90 bits per heavy atom. The van der Waals surface area contributed by atoms with Gasteiger partial charge in [-0.05, 0) is 7.05 Å². The lowest BCUT2D eigenvalue weighted by molar-refractivity contribution is -0.137. The maximum Gasteiger partial charge on any atom is 0.323 e. The molecule has 2 amide bonds. The van der Waals surface area contributed by atoms with Crippen molar-refractivity contribution in [3.05, 3.63) is 0 Å². The van der Waals surface area contributed by atoms with Crippen LogP contribution in [0.4, 0.5) is 4.79 Å². The predicted octanol–water partition coefficient (Wildman–Crippen LogP) is -0.940. The number of carbonyl (C=O) groups is 2. The van der Waals surface area contributed by atoms with Crippen LogP contribution in [-0.2, 0) is 14.3 Å². The smallest absolute Gasteiger partial charge is 0.323 e. The second-order valence-corrected chi connectivity index (χ2v) is 4.75. The van der Waals surface area contributed by atoms with Gasteiger partial charge in [0.15, 0.2) is 0 Å². The molecule has 0 aliphatic carbocycles. The van der Waals surface area contributed by atoms with Crippen molar-refractivity contribution in [3.8, 4) is 0 Å². The van der Waals surface area contributed by atoms with E-state index in [1.807, 2.05) is 7.05 Å². The van der Waals surface area contributed by atoms with E-state index in [0.717, 1.165) is 13.1 Å². The van der Waals surface area contributed by atoms with Gasteiger partial charge in [-0.25, -0.2) is 4.79 Å². The number of nitrogens with zero attached hydrogens (tertiary/aromatic N) is 2. The number of amides is 2. The molecule has 0 aromatic rings. The predicted molar refractivity (Wildman–Crippen MR) is 71.7 cm³/mol. The number of carboxylic acids is 1. The first-order valence-electron chi connectivity index (χ1n) is 6.56. The van der Waals surface area contributed by atoms with E-state index in [-0.39, 0.29) is 19.2 Å². The van der Waals surface area contributed by atoms with E-state index >= 15 is 0 Å². The van der Waals surface area contributed by atoms with Crippen molar-refractivity contribution < 1.29 is 24.2 Å². The van der Waals surface area contributed by atoms with Crippen LogP contribution in [0.1, 0.15) is 0 Å². The molecular weight excluding hydrogens is 266 g/mol. The number of methoxy groups -OCH3 is 1. The molecule has 1 atom stereocenters. The summed E-state index contributed by atoms with van der Waals surface area (Å²) >= 11 is 0. The average molecular weight is 289 g/mol. The molecule has 116 valence electrons. The first-order valence-corrected chi connectivity index (χ1v) is 6.56. The Morgan fingerprint density at radius 2 is 2.30 bits per heavy atom. The van der Waals surface area contributed by atoms with Crippen molar-refractivity contribution in [3.63, 3.8) is 0 Å². The van der Waals surface area contributed by atoms with Gasteiger partial charge < -0.3 is 29.7 Å². The first-order chi connectivity index (χ1) is 9.52. The third-order valence-electron chi connectivity index (χ3n) is 3.00. The highest BCUT2D eigenvalue weighted by atomic mass is 16.5. The van der Waals surface area contributed by atoms with Gasteiger partial charge in [0.1, 0.15) is 6.54 Å². The van der Waals surface area contributed by atoms with Gasteiger partial charge in [-0.2, -0.15) is 0 Å². The van der Waals surface area contributed by atoms with Crippen molar-refractivity contribution in [1.82, 2.24) is 15.1 Å². The molecule has 0 spiro atoms. The number of carbonyl (C=O) groups excluding carboxylic acids is 1. The molecule has 20 heavy (non-hydrogen) atoms. The first kappa shape index (κ1) is 16.7. The van der Waals surface area contributed by atoms with E-state index in [1.54, 1.807) is 0 Å². The normalized spacial score (nSPS) is 19.6. The number of urea groups is 1. The van der Waals surface area contributed by atoms with Crippen LogP contribution >= 0.6 is 0 Å². The number of nitrogens with one attached hydrogen (secondary N) is 1. The van der Waals surface area contributed by atoms with Crippen molar-refractivity contribution in [2.45, 2.75) is 6.10 Å². The van der Waals surface area contributed by atoms with Crippen LogP contribution in [0.3, 0.4) is 0 Å². The van der Waals surface area contributed by atoms with E-state index in [9.17, 15) is 9.59 Å². The van der Waals surface area contributed by atoms with Gasteiger partial charge in [-0.1, -0.05) is 0 Å². The molecule has 0 aromatic carbocycles. The molecule has 0 radical (unpaired) electrons. The van der Waals surface area contributed by atoms with Gasteiger partial charge in [-0.15, -0.1) is 0 Å². The molecule has 1 aliphatic rings. The Hall–Kier alpha value is -1.38. The van der Waals surface area contributed by atoms with Gasteiger partial charge in [0, 0.05) is 33.3 Å². The number of hydrogen-bond donors (Lipinski definition) is 2. The zero-order chi connectivity index (χ0) is 15.0. The quantitative estimate of drug-likeness (QED) is 0.628. The average Bonchev–Trinajstić information content (AvgIpc) is 2.40. The Morgan fingerprint density at radius 1 is 1.55 bits per heavy atom. The number of hydrogen-bond acceptors (Lipinski definition) is 5. The van der Waals surface area contributed by atoms with Crippen molar-refractivity contribution in [2.75, 3.05) is 60.1 Å². The van der Waals surface area contributed by atoms with Gasteiger partial charge in [0.2, 0.25) is 0 Å². The summed E-state index contributed by atoms with van der Waals surface area (Å²) in [5.41, 5.74) is 0. The van der Waals surface area contributed by atoms with Crippen molar-refractivity contribution in [2.24, 2.45) is 0 Å². The summed E-state index contributed by atoms with van der Waals surface area (Å²) < 4.78 is 10.4. The van der Waals surface area contributed by atoms with Crippen LogP contribution < -0.4 is 5.32 Å². The van der Waals surface area contributed by atoms with Crippen LogP contribution in [0.2, 0.25) is 0 Å². The standard InChI is InChI=1S/C12H23N3O5/c1-14-3-6-20-10(8-14)7-13-12(18)15(4-5-19-2)9-11(16)17/h10H,3-9H2,1-2H3,(H,13,18)(H,16,17). The lowest BCUT2D eigenvalue weighted by Crippen LogP contribution is -2.50. The highest BCUT2D eigenvalue weighted by Gasteiger charge is 2.21. The summed E-state index contributed by atoms with van der Waals surface area (Å²) in [7, 11) is 3.50. The number of ether oxygens (including phenoxy) is 2. The largest absolute Gasteiger partial charge is 0.480 e. The van der Waals surface area contributed by atoms with Crippen molar-refractivity contribution >= 4 is 12.0 Å². The molecule has 1 fully saturated rings. The van der Waals surface area contributed by atoms with Crippen LogP contribution in [-0.4, -0.2) is 93.1 Å². The number of carboxylic acid groups (broad SMARTS) is 1. The molecule has 1 heterocycles. The van der Waals surface area contributed by atoms with Crippen LogP contribution in [0.25, 0.3) is 0 Å². The molecule has 1 unspecified atom stereocenters. The summed E-state index contributed by atoms with van der Waals surface area (Å²) in [5, 5.41) is 11.5. The summed E-state index contributed by atoms with van der Waals surface area (Å²) in [6.45, 7) is 2.82. The Balaban J connectivity index is 2.37. The lowest BCUT2D eigenvalue weighted by atomic mass is 10.3. The Labute approximate surface area is 118 Å². The number of rotatable bonds is 7. The minimum atomic E-state index is -1.05. The second-order valence-electron chi connectivity index (χ2n) is 4.75. The SMILES string of the molecule is COCCN(CC(=O)O)C(=O)NCC1CN(C)CCO1. The van der Waals surface area contributed by atoms with Gasteiger partial charge in [-0.3, -0.25) is 4.79 Å². The summed E-state index contributed by atoms with van der Waals surface area (Å²) in [5.74, 6) is -1.05. The fourth-order valence-electron chi connectivity index (χ4n) is 1.92. The van der Waals surface area contributed by atoms with E-state index < -0.39 is 12.0 Å². The third-order valence-corrected chi connectivity index (χ3v) is 3.00. The molecule has 8 nitrogen and oxygen atoms in total. The highest BCUT2D eigenvalue weighted by molar-refractivity contribution is 5.80. The minimum absolute atomic E-state index is 0.0631. The lowest BCUT2D eigenvalue weighted by Gasteiger charge is -2.30. The van der Waals surface area contributed by atoms with Gasteiger partial charge >= 0.3 is 12.0 Å². The molecule has 0 aromatic heterocycles.